The molecule has 36 heavy (non-hydrogen) atoms. The first-order valence-electron chi connectivity index (χ1n) is 11.2. The Morgan fingerprint density at radius 3 is 1.78 bits per heavy atom. The van der Waals surface area contributed by atoms with Crippen molar-refractivity contribution < 1.29 is 27.6 Å². The Morgan fingerprint density at radius 1 is 0.806 bits per heavy atom. The van der Waals surface area contributed by atoms with Crippen LogP contribution < -0.4 is 4.90 Å². The van der Waals surface area contributed by atoms with Crippen molar-refractivity contribution in [1.82, 2.24) is 4.90 Å². The van der Waals surface area contributed by atoms with Crippen LogP contribution in [0.4, 0.5) is 18.9 Å². The highest BCUT2D eigenvalue weighted by molar-refractivity contribution is 6.67. The smallest absolute Gasteiger partial charge is 0.253 e. The Bertz CT molecular complexity index is 1200. The van der Waals surface area contributed by atoms with Crippen LogP contribution >= 0.6 is 11.6 Å². The highest BCUT2D eigenvalue weighted by Gasteiger charge is 2.31. The van der Waals surface area contributed by atoms with E-state index in [1.165, 1.54) is 65.6 Å². The average molecular weight is 517 g/mol. The minimum absolute atomic E-state index is 0.104. The molecule has 0 unspecified atom stereocenters. The second kappa shape index (κ2) is 12.4. The second-order valence-corrected chi connectivity index (χ2v) is 8.59. The van der Waals surface area contributed by atoms with Gasteiger partial charge in [0, 0.05) is 37.0 Å². The van der Waals surface area contributed by atoms with Crippen molar-refractivity contribution in [1.29, 1.82) is 0 Å². The van der Waals surface area contributed by atoms with E-state index in [0.717, 1.165) is 6.42 Å². The van der Waals surface area contributed by atoms with Crippen molar-refractivity contribution in [2.24, 2.45) is 5.92 Å². The standard InChI is InChI=1S/C20H20F2N2O2.C7H4ClFO/c1-23(18-10-8-17(22)9-11-18)19(25)15-3-2-12-24(13-15)20(26)14-4-6-16(21)7-5-14;8-7(10)5-1-3-6(9)4-2-5/h4-11,15H,2-3,12-13H2,1H3;1-4H/t15-;/m0./s1. The Labute approximate surface area is 212 Å². The predicted octanol–water partition coefficient (Wildman–Crippen LogP) is 5.68. The van der Waals surface area contributed by atoms with Gasteiger partial charge in [0.1, 0.15) is 17.5 Å². The Balaban J connectivity index is 0.000000303. The molecule has 9 heteroatoms. The molecule has 0 saturated carbocycles. The van der Waals surface area contributed by atoms with Crippen LogP contribution in [0.3, 0.4) is 0 Å². The molecule has 5 nitrogen and oxygen atoms in total. The fraction of sp³-hybridized carbons (Fsp3) is 0.222. The third-order valence-electron chi connectivity index (χ3n) is 5.76. The molecule has 1 saturated heterocycles. The predicted molar refractivity (Wildman–Crippen MR) is 131 cm³/mol. The van der Waals surface area contributed by atoms with Gasteiger partial charge in [0.15, 0.2) is 0 Å². The monoisotopic (exact) mass is 516 g/mol. The van der Waals surface area contributed by atoms with Crippen LogP contribution in [0, 0.1) is 23.4 Å². The van der Waals surface area contributed by atoms with Crippen LogP contribution in [0.15, 0.2) is 72.8 Å². The number of likely N-dealkylation sites (tertiary alicyclic amines) is 1. The number of nitrogens with zero attached hydrogens (tertiary/aromatic N) is 2. The zero-order valence-electron chi connectivity index (χ0n) is 19.5. The fourth-order valence-corrected chi connectivity index (χ4v) is 3.91. The minimum atomic E-state index is -0.569. The molecule has 1 atom stereocenters. The van der Waals surface area contributed by atoms with Gasteiger partial charge in [-0.15, -0.1) is 0 Å². The largest absolute Gasteiger partial charge is 0.338 e. The number of piperidine rings is 1. The molecule has 0 N–H and O–H groups in total. The summed E-state index contributed by atoms with van der Waals surface area (Å²) in [5, 5.41) is -0.569. The minimum Gasteiger partial charge on any atom is -0.338 e. The molecule has 0 spiro atoms. The van der Waals surface area contributed by atoms with Crippen LogP contribution in [0.2, 0.25) is 0 Å². The molecule has 0 aromatic heterocycles. The molecule has 2 amide bonds. The zero-order valence-corrected chi connectivity index (χ0v) is 20.2. The Morgan fingerprint density at radius 2 is 1.28 bits per heavy atom. The van der Waals surface area contributed by atoms with Gasteiger partial charge in [0.05, 0.1) is 5.92 Å². The number of benzene rings is 3. The maximum absolute atomic E-state index is 13.1. The third kappa shape index (κ3) is 7.18. The summed E-state index contributed by atoms with van der Waals surface area (Å²) in [5.74, 6) is -1.75. The van der Waals surface area contributed by atoms with Gasteiger partial charge in [-0.3, -0.25) is 14.4 Å². The Kier molecular flexibility index (Phi) is 9.25. The average Bonchev–Trinajstić information content (AvgIpc) is 2.89. The lowest BCUT2D eigenvalue weighted by molar-refractivity contribution is -0.123. The quantitative estimate of drug-likeness (QED) is 0.419. The lowest BCUT2D eigenvalue weighted by atomic mass is 9.95. The first kappa shape index (κ1) is 26.9. The van der Waals surface area contributed by atoms with Crippen molar-refractivity contribution in [3.63, 3.8) is 0 Å². The maximum Gasteiger partial charge on any atom is 0.253 e. The van der Waals surface area contributed by atoms with E-state index in [2.05, 4.69) is 0 Å². The van der Waals surface area contributed by atoms with Crippen molar-refractivity contribution in [3.8, 4) is 0 Å². The van der Waals surface area contributed by atoms with Crippen molar-refractivity contribution in [3.05, 3.63) is 101 Å². The topological polar surface area (TPSA) is 57.7 Å². The summed E-state index contributed by atoms with van der Waals surface area (Å²) in [6.07, 6.45) is 1.41. The van der Waals surface area contributed by atoms with Crippen LogP contribution in [-0.4, -0.2) is 42.1 Å². The summed E-state index contributed by atoms with van der Waals surface area (Å²) < 4.78 is 38.3. The van der Waals surface area contributed by atoms with E-state index >= 15 is 0 Å². The van der Waals surface area contributed by atoms with E-state index in [9.17, 15) is 27.6 Å². The number of amides is 2. The van der Waals surface area contributed by atoms with Gasteiger partial charge in [-0.1, -0.05) is 0 Å². The molecule has 0 bridgehead atoms. The highest BCUT2D eigenvalue weighted by atomic mass is 35.5. The molecular weight excluding hydrogens is 493 g/mol. The first-order chi connectivity index (χ1) is 17.2. The van der Waals surface area contributed by atoms with E-state index in [-0.39, 0.29) is 29.4 Å². The van der Waals surface area contributed by atoms with Crippen LogP contribution in [0.25, 0.3) is 0 Å². The fourth-order valence-electron chi connectivity index (χ4n) is 3.78. The summed E-state index contributed by atoms with van der Waals surface area (Å²) in [6, 6.07) is 16.2. The molecule has 3 aromatic carbocycles. The van der Waals surface area contributed by atoms with Gasteiger partial charge < -0.3 is 9.80 Å². The molecule has 188 valence electrons. The molecule has 1 fully saturated rings. The molecular formula is C27H24ClF3N2O3. The number of halogens is 4. The van der Waals surface area contributed by atoms with Crippen molar-refractivity contribution >= 4 is 34.3 Å². The summed E-state index contributed by atoms with van der Waals surface area (Å²) in [6.45, 7) is 0.890. The number of rotatable bonds is 4. The molecule has 0 aliphatic carbocycles. The van der Waals surface area contributed by atoms with E-state index in [1.807, 2.05) is 0 Å². The number of anilines is 1. The van der Waals surface area contributed by atoms with E-state index < -0.39 is 11.1 Å². The van der Waals surface area contributed by atoms with Crippen LogP contribution in [-0.2, 0) is 4.79 Å². The van der Waals surface area contributed by atoms with Gasteiger partial charge in [-0.05, 0) is 97.2 Å². The maximum atomic E-state index is 13.1. The summed E-state index contributed by atoms with van der Waals surface area (Å²) in [7, 11) is 1.65. The van der Waals surface area contributed by atoms with E-state index in [1.54, 1.807) is 24.1 Å². The first-order valence-corrected chi connectivity index (χ1v) is 11.6. The Hall–Kier alpha value is -3.65. The van der Waals surface area contributed by atoms with Gasteiger partial charge in [0.2, 0.25) is 5.91 Å². The summed E-state index contributed by atoms with van der Waals surface area (Å²) >= 11 is 5.09. The summed E-state index contributed by atoms with van der Waals surface area (Å²) in [5.41, 5.74) is 1.33. The van der Waals surface area contributed by atoms with Gasteiger partial charge in [0.25, 0.3) is 11.1 Å². The SMILES string of the molecule is CN(C(=O)[C@H]1CCCN(C(=O)c2ccc(F)cc2)C1)c1ccc(F)cc1.O=C(Cl)c1ccc(F)cc1. The molecule has 0 radical (unpaired) electrons. The van der Waals surface area contributed by atoms with Crippen molar-refractivity contribution in [2.45, 2.75) is 12.8 Å². The normalized spacial score (nSPS) is 14.9. The molecule has 3 aromatic rings. The highest BCUT2D eigenvalue weighted by Crippen LogP contribution is 2.23. The van der Waals surface area contributed by atoms with E-state index in [0.29, 0.717) is 36.3 Å². The molecule has 1 aliphatic heterocycles. The number of carbonyl (C=O) groups excluding carboxylic acids is 3. The van der Waals surface area contributed by atoms with Crippen molar-refractivity contribution in [2.75, 3.05) is 25.0 Å². The van der Waals surface area contributed by atoms with Crippen LogP contribution in [0.1, 0.15) is 33.6 Å². The second-order valence-electron chi connectivity index (χ2n) is 8.25. The zero-order chi connectivity index (χ0) is 26.2. The molecule has 1 aliphatic rings. The van der Waals surface area contributed by atoms with E-state index in [4.69, 9.17) is 11.6 Å². The molecule has 4 rings (SSSR count). The van der Waals surface area contributed by atoms with Crippen LogP contribution in [0.5, 0.6) is 0 Å². The summed E-state index contributed by atoms with van der Waals surface area (Å²) in [4.78, 5) is 38.9. The number of carbonyl (C=O) groups is 3. The molecule has 1 heterocycles. The van der Waals surface area contributed by atoms with Gasteiger partial charge >= 0.3 is 0 Å². The number of hydrogen-bond acceptors (Lipinski definition) is 3. The number of hydrogen-bond donors (Lipinski definition) is 0. The lowest BCUT2D eigenvalue weighted by Gasteiger charge is -2.34. The van der Waals surface area contributed by atoms with Gasteiger partial charge in [-0.25, -0.2) is 13.2 Å². The third-order valence-corrected chi connectivity index (χ3v) is 5.98. The lowest BCUT2D eigenvalue weighted by Crippen LogP contribution is -2.46. The van der Waals surface area contributed by atoms with Gasteiger partial charge in [-0.2, -0.15) is 0 Å².